The predicted octanol–water partition coefficient (Wildman–Crippen LogP) is 1.91. The molecular formula is C14H18N2O4. The summed E-state index contributed by atoms with van der Waals surface area (Å²) in [5.74, 6) is -0.197. The van der Waals surface area contributed by atoms with Crippen molar-refractivity contribution < 1.29 is 14.5 Å². The van der Waals surface area contributed by atoms with Crippen LogP contribution in [0.5, 0.6) is 0 Å². The van der Waals surface area contributed by atoms with Gasteiger partial charge in [0.1, 0.15) is 0 Å². The summed E-state index contributed by atoms with van der Waals surface area (Å²) < 4.78 is 4.90. The fourth-order valence-electron chi connectivity index (χ4n) is 2.39. The maximum Gasteiger partial charge on any atom is 0.307 e. The summed E-state index contributed by atoms with van der Waals surface area (Å²) in [7, 11) is 0. The number of rotatable bonds is 5. The van der Waals surface area contributed by atoms with Gasteiger partial charge in [-0.1, -0.05) is 6.07 Å². The minimum atomic E-state index is -0.377. The van der Waals surface area contributed by atoms with Gasteiger partial charge in [-0.05, 0) is 24.5 Å². The van der Waals surface area contributed by atoms with E-state index >= 15 is 0 Å². The lowest BCUT2D eigenvalue weighted by Crippen LogP contribution is -2.32. The third-order valence-electron chi connectivity index (χ3n) is 3.43. The molecule has 0 atom stereocenters. The van der Waals surface area contributed by atoms with Gasteiger partial charge in [-0.3, -0.25) is 19.8 Å². The van der Waals surface area contributed by atoms with Crippen molar-refractivity contribution in [1.29, 1.82) is 0 Å². The zero-order valence-electron chi connectivity index (χ0n) is 11.5. The highest BCUT2D eigenvalue weighted by molar-refractivity contribution is 5.69. The number of carbonyl (C=O) groups is 1. The molecule has 0 fully saturated rings. The molecule has 108 valence electrons. The van der Waals surface area contributed by atoms with Gasteiger partial charge in [0.2, 0.25) is 0 Å². The van der Waals surface area contributed by atoms with E-state index in [1.165, 1.54) is 0 Å². The SMILES string of the molecule is CCOC(=O)CCN1CCc2ccc([N+](=O)[O-])cc2C1. The molecule has 2 rings (SSSR count). The maximum absolute atomic E-state index is 11.3. The summed E-state index contributed by atoms with van der Waals surface area (Å²) in [6.07, 6.45) is 1.22. The van der Waals surface area contributed by atoms with Gasteiger partial charge in [-0.15, -0.1) is 0 Å². The van der Waals surface area contributed by atoms with Crippen LogP contribution in [0.4, 0.5) is 5.69 Å². The van der Waals surface area contributed by atoms with Crippen molar-refractivity contribution in [1.82, 2.24) is 4.90 Å². The number of non-ortho nitro benzene ring substituents is 1. The number of hydrogen-bond acceptors (Lipinski definition) is 5. The Balaban J connectivity index is 1.97. The number of nitrogens with zero attached hydrogens (tertiary/aromatic N) is 2. The van der Waals surface area contributed by atoms with E-state index in [0.717, 1.165) is 24.1 Å². The van der Waals surface area contributed by atoms with Crippen LogP contribution >= 0.6 is 0 Å². The van der Waals surface area contributed by atoms with Crippen LogP contribution in [0, 0.1) is 10.1 Å². The number of fused-ring (bicyclic) bond motifs is 1. The first-order valence-corrected chi connectivity index (χ1v) is 6.74. The van der Waals surface area contributed by atoms with Gasteiger partial charge in [0.25, 0.3) is 5.69 Å². The lowest BCUT2D eigenvalue weighted by atomic mass is 9.99. The predicted molar refractivity (Wildman–Crippen MR) is 73.3 cm³/mol. The van der Waals surface area contributed by atoms with Crippen molar-refractivity contribution >= 4 is 11.7 Å². The molecule has 0 radical (unpaired) electrons. The third kappa shape index (κ3) is 3.54. The molecule has 0 aliphatic carbocycles. The molecule has 0 bridgehead atoms. The molecule has 1 aliphatic heterocycles. The van der Waals surface area contributed by atoms with Gasteiger partial charge in [-0.25, -0.2) is 0 Å². The summed E-state index contributed by atoms with van der Waals surface area (Å²) in [6.45, 7) is 4.32. The van der Waals surface area contributed by atoms with E-state index in [-0.39, 0.29) is 16.6 Å². The normalized spacial score (nSPS) is 14.7. The van der Waals surface area contributed by atoms with Crippen LogP contribution < -0.4 is 0 Å². The summed E-state index contributed by atoms with van der Waals surface area (Å²) >= 11 is 0. The van der Waals surface area contributed by atoms with Gasteiger partial charge in [0.05, 0.1) is 18.0 Å². The molecule has 0 unspecified atom stereocenters. The van der Waals surface area contributed by atoms with E-state index in [2.05, 4.69) is 4.90 Å². The molecule has 6 nitrogen and oxygen atoms in total. The number of ether oxygens (including phenoxy) is 1. The first-order valence-electron chi connectivity index (χ1n) is 6.74. The van der Waals surface area contributed by atoms with Crippen LogP contribution in [0.2, 0.25) is 0 Å². The van der Waals surface area contributed by atoms with Gasteiger partial charge < -0.3 is 4.74 Å². The maximum atomic E-state index is 11.3. The van der Waals surface area contributed by atoms with Crippen molar-refractivity contribution in [3.05, 3.63) is 39.4 Å². The Hall–Kier alpha value is -1.95. The molecule has 0 aromatic heterocycles. The highest BCUT2D eigenvalue weighted by atomic mass is 16.6. The average Bonchev–Trinajstić information content (AvgIpc) is 2.44. The Morgan fingerprint density at radius 3 is 2.95 bits per heavy atom. The van der Waals surface area contributed by atoms with E-state index in [0.29, 0.717) is 26.1 Å². The fourth-order valence-corrected chi connectivity index (χ4v) is 2.39. The quantitative estimate of drug-likeness (QED) is 0.467. The van der Waals surface area contributed by atoms with Crippen LogP contribution in [0.3, 0.4) is 0 Å². The molecule has 20 heavy (non-hydrogen) atoms. The molecule has 1 heterocycles. The molecule has 1 aromatic rings. The Kier molecular flexibility index (Phi) is 4.68. The minimum absolute atomic E-state index is 0.121. The molecule has 0 amide bonds. The van der Waals surface area contributed by atoms with Gasteiger partial charge in [-0.2, -0.15) is 0 Å². The first-order chi connectivity index (χ1) is 9.60. The Morgan fingerprint density at radius 2 is 2.25 bits per heavy atom. The van der Waals surface area contributed by atoms with E-state index in [1.807, 2.05) is 6.07 Å². The molecule has 6 heteroatoms. The molecule has 1 aromatic carbocycles. The average molecular weight is 278 g/mol. The number of esters is 1. The fraction of sp³-hybridized carbons (Fsp3) is 0.500. The lowest BCUT2D eigenvalue weighted by Gasteiger charge is -2.28. The van der Waals surface area contributed by atoms with Gasteiger partial charge >= 0.3 is 5.97 Å². The topological polar surface area (TPSA) is 72.7 Å². The van der Waals surface area contributed by atoms with Crippen LogP contribution in [-0.2, 0) is 22.5 Å². The van der Waals surface area contributed by atoms with Crippen molar-refractivity contribution in [2.75, 3.05) is 19.7 Å². The van der Waals surface area contributed by atoms with Crippen molar-refractivity contribution in [3.63, 3.8) is 0 Å². The number of carbonyl (C=O) groups excluding carboxylic acids is 1. The van der Waals surface area contributed by atoms with Crippen molar-refractivity contribution in [2.24, 2.45) is 0 Å². The highest BCUT2D eigenvalue weighted by Crippen LogP contribution is 2.23. The first kappa shape index (κ1) is 14.5. The molecule has 0 spiro atoms. The lowest BCUT2D eigenvalue weighted by molar-refractivity contribution is -0.385. The van der Waals surface area contributed by atoms with E-state index < -0.39 is 0 Å². The Bertz CT molecular complexity index is 516. The molecule has 0 saturated carbocycles. The van der Waals surface area contributed by atoms with Gasteiger partial charge in [0, 0.05) is 31.8 Å². The third-order valence-corrected chi connectivity index (χ3v) is 3.43. The molecule has 1 aliphatic rings. The van der Waals surface area contributed by atoms with Crippen LogP contribution in [0.15, 0.2) is 18.2 Å². The molecule has 0 saturated heterocycles. The zero-order chi connectivity index (χ0) is 14.5. The number of hydrogen-bond donors (Lipinski definition) is 0. The van der Waals surface area contributed by atoms with Crippen LogP contribution in [0.25, 0.3) is 0 Å². The summed E-state index contributed by atoms with van der Waals surface area (Å²) in [5, 5.41) is 10.8. The number of benzene rings is 1. The monoisotopic (exact) mass is 278 g/mol. The summed E-state index contributed by atoms with van der Waals surface area (Å²) in [6, 6.07) is 5.01. The van der Waals surface area contributed by atoms with Gasteiger partial charge in [0.15, 0.2) is 0 Å². The Labute approximate surface area is 117 Å². The summed E-state index contributed by atoms with van der Waals surface area (Å²) in [4.78, 5) is 23.9. The van der Waals surface area contributed by atoms with E-state index in [9.17, 15) is 14.9 Å². The highest BCUT2D eigenvalue weighted by Gasteiger charge is 2.19. The largest absolute Gasteiger partial charge is 0.466 e. The number of nitro benzene ring substituents is 1. The van der Waals surface area contributed by atoms with Crippen LogP contribution in [-0.4, -0.2) is 35.5 Å². The Morgan fingerprint density at radius 1 is 1.45 bits per heavy atom. The second-order valence-electron chi connectivity index (χ2n) is 4.79. The zero-order valence-corrected chi connectivity index (χ0v) is 11.5. The number of nitro groups is 1. The minimum Gasteiger partial charge on any atom is -0.466 e. The second kappa shape index (κ2) is 6.47. The standard InChI is InChI=1S/C14H18N2O4/c1-2-20-14(17)6-8-15-7-5-11-3-4-13(16(18)19)9-12(11)10-15/h3-4,9H,2,5-8,10H2,1H3. The van der Waals surface area contributed by atoms with E-state index in [4.69, 9.17) is 4.74 Å². The molecule has 0 N–H and O–H groups in total. The molecular weight excluding hydrogens is 260 g/mol. The van der Waals surface area contributed by atoms with Crippen molar-refractivity contribution in [2.45, 2.75) is 26.3 Å². The smallest absolute Gasteiger partial charge is 0.307 e. The van der Waals surface area contributed by atoms with E-state index in [1.54, 1.807) is 19.1 Å². The van der Waals surface area contributed by atoms with Crippen molar-refractivity contribution in [3.8, 4) is 0 Å². The second-order valence-corrected chi connectivity index (χ2v) is 4.79. The summed E-state index contributed by atoms with van der Waals surface area (Å²) in [5.41, 5.74) is 2.26. The van der Waals surface area contributed by atoms with Crippen LogP contribution in [0.1, 0.15) is 24.5 Å².